The molecule has 18 heavy (non-hydrogen) atoms. The fourth-order valence-electron chi connectivity index (χ4n) is 1.15. The van der Waals surface area contributed by atoms with E-state index in [1.54, 1.807) is 0 Å². The van der Waals surface area contributed by atoms with Gasteiger partial charge in [-0.05, 0) is 12.1 Å². The Bertz CT molecular complexity index is 475. The van der Waals surface area contributed by atoms with Gasteiger partial charge in [-0.1, -0.05) is 0 Å². The molecular weight excluding hydrogens is 240 g/mol. The summed E-state index contributed by atoms with van der Waals surface area (Å²) >= 11 is 0. The van der Waals surface area contributed by atoms with E-state index in [1.807, 2.05) is 0 Å². The number of anilines is 1. The summed E-state index contributed by atoms with van der Waals surface area (Å²) in [7, 11) is 0. The highest BCUT2D eigenvalue weighted by Gasteiger charge is 2.10. The molecule has 0 unspecified atom stereocenters. The summed E-state index contributed by atoms with van der Waals surface area (Å²) in [5.41, 5.74) is 5.28. The van der Waals surface area contributed by atoms with Crippen molar-refractivity contribution in [3.63, 3.8) is 0 Å². The van der Waals surface area contributed by atoms with Gasteiger partial charge >= 0.3 is 5.97 Å². The summed E-state index contributed by atoms with van der Waals surface area (Å²) in [4.78, 5) is 36.3. The average Bonchev–Trinajstić information content (AvgIpc) is 2.34. The molecule has 0 aliphatic rings. The Hall–Kier alpha value is -2.64. The molecule has 0 aromatic carbocycles. The first-order valence-corrected chi connectivity index (χ1v) is 4.98. The number of amides is 2. The zero-order valence-electron chi connectivity index (χ0n) is 9.34. The second-order valence-electron chi connectivity index (χ2n) is 3.29. The number of hydrogen-bond acceptors (Lipinski definition) is 5. The smallest absolute Gasteiger partial charge is 0.322 e. The van der Waals surface area contributed by atoms with E-state index in [2.05, 4.69) is 15.6 Å². The summed E-state index contributed by atoms with van der Waals surface area (Å²) in [5, 5.41) is 13.1. The Morgan fingerprint density at radius 2 is 2.06 bits per heavy atom. The minimum atomic E-state index is -1.14. The summed E-state index contributed by atoms with van der Waals surface area (Å²) in [6.45, 7) is -0.671. The number of nitrogens with one attached hydrogen (secondary N) is 2. The van der Waals surface area contributed by atoms with Gasteiger partial charge in [0.05, 0.1) is 12.1 Å². The molecule has 1 heterocycles. The molecule has 1 rings (SSSR count). The van der Waals surface area contributed by atoms with Crippen LogP contribution in [0.15, 0.2) is 18.3 Å². The molecule has 0 radical (unpaired) electrons. The predicted octanol–water partition coefficient (Wildman–Crippen LogP) is -1.21. The van der Waals surface area contributed by atoms with E-state index < -0.39 is 24.3 Å². The van der Waals surface area contributed by atoms with E-state index in [0.29, 0.717) is 0 Å². The molecule has 0 saturated carbocycles. The van der Waals surface area contributed by atoms with Crippen LogP contribution in [0.4, 0.5) is 5.82 Å². The maximum Gasteiger partial charge on any atom is 0.322 e. The average molecular weight is 252 g/mol. The highest BCUT2D eigenvalue weighted by atomic mass is 16.4. The lowest BCUT2D eigenvalue weighted by Crippen LogP contribution is -2.34. The van der Waals surface area contributed by atoms with Crippen LogP contribution < -0.4 is 16.4 Å². The number of carbonyl (C=O) groups excluding carboxylic acids is 2. The van der Waals surface area contributed by atoms with Gasteiger partial charge in [0.25, 0.3) is 5.91 Å². The minimum absolute atomic E-state index is 0.156. The van der Waals surface area contributed by atoms with E-state index in [-0.39, 0.29) is 17.9 Å². The van der Waals surface area contributed by atoms with Crippen molar-refractivity contribution < 1.29 is 19.5 Å². The van der Waals surface area contributed by atoms with Crippen molar-refractivity contribution in [3.8, 4) is 0 Å². The quantitative estimate of drug-likeness (QED) is 0.502. The van der Waals surface area contributed by atoms with E-state index in [1.165, 1.54) is 18.3 Å². The third kappa shape index (κ3) is 4.08. The van der Waals surface area contributed by atoms with Crippen molar-refractivity contribution in [3.05, 3.63) is 23.9 Å². The van der Waals surface area contributed by atoms with Crippen LogP contribution in [0.5, 0.6) is 0 Å². The first-order chi connectivity index (χ1) is 8.50. The number of carbonyl (C=O) groups is 3. The summed E-state index contributed by atoms with van der Waals surface area (Å²) in [5.74, 6) is -2.16. The van der Waals surface area contributed by atoms with Gasteiger partial charge in [0.2, 0.25) is 5.91 Å². The van der Waals surface area contributed by atoms with E-state index in [9.17, 15) is 14.4 Å². The molecule has 0 saturated heterocycles. The van der Waals surface area contributed by atoms with Crippen molar-refractivity contribution in [2.45, 2.75) is 0 Å². The van der Waals surface area contributed by atoms with Crippen LogP contribution in [-0.2, 0) is 9.59 Å². The number of aromatic nitrogens is 1. The van der Waals surface area contributed by atoms with Crippen LogP contribution in [0, 0.1) is 0 Å². The summed E-state index contributed by atoms with van der Waals surface area (Å²) < 4.78 is 0. The maximum atomic E-state index is 11.2. The van der Waals surface area contributed by atoms with Crippen molar-refractivity contribution >= 4 is 23.6 Å². The van der Waals surface area contributed by atoms with Crippen LogP contribution in [0.3, 0.4) is 0 Å². The van der Waals surface area contributed by atoms with Crippen LogP contribution in [-0.4, -0.2) is 41.0 Å². The first-order valence-electron chi connectivity index (χ1n) is 4.98. The van der Waals surface area contributed by atoms with E-state index >= 15 is 0 Å². The molecule has 2 amide bonds. The lowest BCUT2D eigenvalue weighted by molar-refractivity contribution is -0.137. The maximum absolute atomic E-state index is 11.2. The second kappa shape index (κ2) is 6.18. The monoisotopic (exact) mass is 252 g/mol. The molecule has 0 aliphatic carbocycles. The Balaban J connectivity index is 2.56. The van der Waals surface area contributed by atoms with Crippen LogP contribution in [0.25, 0.3) is 0 Å². The van der Waals surface area contributed by atoms with Gasteiger partial charge in [0.15, 0.2) is 0 Å². The molecular formula is C10H12N4O4. The number of carboxylic acids is 1. The van der Waals surface area contributed by atoms with Crippen LogP contribution >= 0.6 is 0 Å². The Morgan fingerprint density at radius 3 is 2.67 bits per heavy atom. The molecule has 1 aromatic heterocycles. The first kappa shape index (κ1) is 13.4. The van der Waals surface area contributed by atoms with Gasteiger partial charge in [-0.3, -0.25) is 14.4 Å². The third-order valence-electron chi connectivity index (χ3n) is 1.93. The summed E-state index contributed by atoms with van der Waals surface area (Å²) in [6, 6.07) is 3.00. The predicted molar refractivity (Wildman–Crippen MR) is 61.9 cm³/mol. The topological polar surface area (TPSA) is 134 Å². The molecule has 0 spiro atoms. The highest BCUT2D eigenvalue weighted by Crippen LogP contribution is 2.09. The molecule has 1 aromatic rings. The summed E-state index contributed by atoms with van der Waals surface area (Å²) in [6.07, 6.45) is 1.43. The molecule has 0 bridgehead atoms. The standard InChI is InChI=1S/C10H12N4O4/c11-9(18)6-2-1-3-12-10(6)14-4-7(15)13-5-8(16)17/h1-3H,4-5H2,(H2,11,18)(H,12,14)(H,13,15)(H,16,17). The van der Waals surface area contributed by atoms with E-state index in [4.69, 9.17) is 10.8 Å². The Morgan fingerprint density at radius 1 is 1.33 bits per heavy atom. The molecule has 0 fully saturated rings. The Kier molecular flexibility index (Phi) is 4.61. The largest absolute Gasteiger partial charge is 0.480 e. The molecule has 0 atom stereocenters. The van der Waals surface area contributed by atoms with Crippen LogP contribution in [0.1, 0.15) is 10.4 Å². The molecule has 0 aliphatic heterocycles. The SMILES string of the molecule is NC(=O)c1cccnc1NCC(=O)NCC(=O)O. The number of hydrogen-bond donors (Lipinski definition) is 4. The fourth-order valence-corrected chi connectivity index (χ4v) is 1.15. The van der Waals surface area contributed by atoms with Gasteiger partial charge in [-0.15, -0.1) is 0 Å². The number of aliphatic carboxylic acids is 1. The Labute approximate surface area is 102 Å². The molecule has 5 N–H and O–H groups in total. The zero-order chi connectivity index (χ0) is 13.5. The second-order valence-corrected chi connectivity index (χ2v) is 3.29. The van der Waals surface area contributed by atoms with E-state index in [0.717, 1.165) is 0 Å². The van der Waals surface area contributed by atoms with Crippen LogP contribution in [0.2, 0.25) is 0 Å². The lowest BCUT2D eigenvalue weighted by Gasteiger charge is -2.08. The number of primary amides is 1. The number of carboxylic acid groups (broad SMARTS) is 1. The van der Waals surface area contributed by atoms with Crippen molar-refractivity contribution in [1.29, 1.82) is 0 Å². The molecule has 8 nitrogen and oxygen atoms in total. The van der Waals surface area contributed by atoms with Crippen molar-refractivity contribution in [2.24, 2.45) is 5.73 Å². The van der Waals surface area contributed by atoms with Crippen molar-refractivity contribution in [1.82, 2.24) is 10.3 Å². The number of pyridine rings is 1. The fraction of sp³-hybridized carbons (Fsp3) is 0.200. The van der Waals surface area contributed by atoms with Gasteiger partial charge in [0.1, 0.15) is 12.4 Å². The normalized spacial score (nSPS) is 9.56. The van der Waals surface area contributed by atoms with Crippen molar-refractivity contribution in [2.75, 3.05) is 18.4 Å². The third-order valence-corrected chi connectivity index (χ3v) is 1.93. The van der Waals surface area contributed by atoms with Gasteiger partial charge in [0, 0.05) is 6.20 Å². The molecule has 96 valence electrons. The molecule has 8 heteroatoms. The van der Waals surface area contributed by atoms with Gasteiger partial charge < -0.3 is 21.5 Å². The van der Waals surface area contributed by atoms with Gasteiger partial charge in [-0.2, -0.15) is 0 Å². The number of nitrogens with two attached hydrogens (primary N) is 1. The highest BCUT2D eigenvalue weighted by molar-refractivity contribution is 5.98. The zero-order valence-corrected chi connectivity index (χ0v) is 9.34. The van der Waals surface area contributed by atoms with Gasteiger partial charge in [-0.25, -0.2) is 4.98 Å². The number of nitrogens with zero attached hydrogens (tertiary/aromatic N) is 1. The lowest BCUT2D eigenvalue weighted by atomic mass is 10.2. The minimum Gasteiger partial charge on any atom is -0.480 e. The number of rotatable bonds is 6.